The first-order valence-electron chi connectivity index (χ1n) is 9.47. The average molecular weight is 436 g/mol. The highest BCUT2D eigenvalue weighted by atomic mass is 32.2. The molecule has 1 N–H and O–H groups in total. The van der Waals surface area contributed by atoms with Crippen LogP contribution in [0.25, 0.3) is 11.3 Å². The van der Waals surface area contributed by atoms with Crippen molar-refractivity contribution in [2.24, 2.45) is 0 Å². The zero-order chi connectivity index (χ0) is 20.9. The summed E-state index contributed by atoms with van der Waals surface area (Å²) in [6, 6.07) is 18.3. The first-order chi connectivity index (χ1) is 14.6. The lowest BCUT2D eigenvalue weighted by Crippen LogP contribution is -2.14. The minimum atomic E-state index is -0.114. The molecule has 2 aromatic heterocycles. The fourth-order valence-electron chi connectivity index (χ4n) is 2.89. The summed E-state index contributed by atoms with van der Waals surface area (Å²) in [5, 5.41) is 14.5. The summed E-state index contributed by atoms with van der Waals surface area (Å²) in [5.41, 5.74) is 4.27. The second-order valence-electron chi connectivity index (χ2n) is 6.84. The Labute approximate surface area is 183 Å². The number of amides is 1. The molecule has 152 valence electrons. The van der Waals surface area contributed by atoms with Crippen molar-refractivity contribution < 1.29 is 4.79 Å². The van der Waals surface area contributed by atoms with Gasteiger partial charge in [-0.3, -0.25) is 4.79 Å². The van der Waals surface area contributed by atoms with Crippen LogP contribution in [-0.2, 0) is 11.3 Å². The van der Waals surface area contributed by atoms with E-state index in [1.165, 1.54) is 28.7 Å². The number of rotatable bonds is 7. The van der Waals surface area contributed by atoms with Crippen LogP contribution >= 0.6 is 23.1 Å². The molecular formula is C22H21N5OS2. The van der Waals surface area contributed by atoms with Crippen molar-refractivity contribution in [3.63, 3.8) is 0 Å². The van der Waals surface area contributed by atoms with E-state index < -0.39 is 0 Å². The van der Waals surface area contributed by atoms with Gasteiger partial charge in [0.1, 0.15) is 5.82 Å². The van der Waals surface area contributed by atoms with Crippen molar-refractivity contribution in [2.45, 2.75) is 25.5 Å². The lowest BCUT2D eigenvalue weighted by Gasteiger charge is -2.08. The van der Waals surface area contributed by atoms with Gasteiger partial charge in [0.15, 0.2) is 10.3 Å². The molecule has 2 aromatic carbocycles. The highest BCUT2D eigenvalue weighted by Gasteiger charge is 2.13. The molecule has 0 aliphatic rings. The number of aromatic nitrogens is 4. The average Bonchev–Trinajstić information content (AvgIpc) is 3.35. The second-order valence-corrected chi connectivity index (χ2v) is 8.64. The molecule has 0 spiro atoms. The summed E-state index contributed by atoms with van der Waals surface area (Å²) in [5.74, 6) is 0.952. The van der Waals surface area contributed by atoms with Gasteiger partial charge >= 0.3 is 0 Å². The number of carbonyl (C=O) groups excluding carboxylic acids is 1. The molecule has 0 fully saturated rings. The quantitative estimate of drug-likeness (QED) is 0.422. The number of benzene rings is 2. The van der Waals surface area contributed by atoms with Gasteiger partial charge in [-0.25, -0.2) is 4.98 Å². The molecule has 8 heteroatoms. The van der Waals surface area contributed by atoms with Crippen LogP contribution < -0.4 is 5.32 Å². The molecule has 2 heterocycles. The van der Waals surface area contributed by atoms with E-state index in [0.29, 0.717) is 11.7 Å². The lowest BCUT2D eigenvalue weighted by atomic mass is 10.1. The van der Waals surface area contributed by atoms with Crippen LogP contribution in [0.2, 0.25) is 0 Å². The van der Waals surface area contributed by atoms with Gasteiger partial charge in [0.25, 0.3) is 0 Å². The van der Waals surface area contributed by atoms with Crippen LogP contribution in [0.5, 0.6) is 0 Å². The van der Waals surface area contributed by atoms with E-state index >= 15 is 0 Å². The number of anilines is 1. The zero-order valence-corrected chi connectivity index (χ0v) is 18.3. The van der Waals surface area contributed by atoms with Crippen LogP contribution in [0.1, 0.15) is 17.0 Å². The van der Waals surface area contributed by atoms with Gasteiger partial charge in [0.2, 0.25) is 5.91 Å². The highest BCUT2D eigenvalue weighted by Crippen LogP contribution is 2.25. The van der Waals surface area contributed by atoms with E-state index in [9.17, 15) is 4.79 Å². The molecule has 1 amide bonds. The Morgan fingerprint density at radius 2 is 1.83 bits per heavy atom. The molecule has 0 bridgehead atoms. The van der Waals surface area contributed by atoms with Crippen molar-refractivity contribution in [1.29, 1.82) is 0 Å². The van der Waals surface area contributed by atoms with Crippen molar-refractivity contribution in [3.05, 3.63) is 76.9 Å². The Hall–Kier alpha value is -2.97. The molecule has 0 saturated carbocycles. The van der Waals surface area contributed by atoms with Crippen LogP contribution in [-0.4, -0.2) is 31.4 Å². The SMILES string of the molecule is Cc1ccc(-c2csc(NC(=O)CSc3nnc(C)n3Cc3ccccc3)n2)cc1. The summed E-state index contributed by atoms with van der Waals surface area (Å²) in [6.45, 7) is 4.65. The van der Waals surface area contributed by atoms with Crippen molar-refractivity contribution >= 4 is 34.1 Å². The van der Waals surface area contributed by atoms with Gasteiger partial charge in [0.05, 0.1) is 18.0 Å². The minimum absolute atomic E-state index is 0.114. The van der Waals surface area contributed by atoms with E-state index in [0.717, 1.165) is 27.8 Å². The normalized spacial score (nSPS) is 10.9. The molecule has 0 aliphatic heterocycles. The summed E-state index contributed by atoms with van der Waals surface area (Å²) < 4.78 is 2.02. The number of aryl methyl sites for hydroxylation is 2. The predicted octanol–water partition coefficient (Wildman–Crippen LogP) is 4.80. The topological polar surface area (TPSA) is 72.7 Å². The third kappa shape index (κ3) is 4.95. The van der Waals surface area contributed by atoms with Crippen molar-refractivity contribution in [2.75, 3.05) is 11.1 Å². The minimum Gasteiger partial charge on any atom is -0.302 e. The molecule has 4 aromatic rings. The number of thiazole rings is 1. The van der Waals surface area contributed by atoms with Crippen LogP contribution in [0.4, 0.5) is 5.13 Å². The van der Waals surface area contributed by atoms with Crippen LogP contribution in [0.15, 0.2) is 65.1 Å². The maximum absolute atomic E-state index is 12.4. The first kappa shape index (κ1) is 20.3. The van der Waals surface area contributed by atoms with Crippen molar-refractivity contribution in [3.8, 4) is 11.3 Å². The number of nitrogens with zero attached hydrogens (tertiary/aromatic N) is 4. The van der Waals surface area contributed by atoms with E-state index in [4.69, 9.17) is 0 Å². The van der Waals surface area contributed by atoms with Crippen molar-refractivity contribution in [1.82, 2.24) is 19.7 Å². The third-order valence-electron chi connectivity index (χ3n) is 4.52. The summed E-state index contributed by atoms with van der Waals surface area (Å²) in [4.78, 5) is 17.0. The van der Waals surface area contributed by atoms with E-state index in [1.54, 1.807) is 0 Å². The van der Waals surface area contributed by atoms with Gasteiger partial charge in [-0.15, -0.1) is 21.5 Å². The fraction of sp³-hybridized carbons (Fsp3) is 0.182. The van der Waals surface area contributed by atoms with Gasteiger partial charge in [-0.1, -0.05) is 71.9 Å². The first-order valence-corrected chi connectivity index (χ1v) is 11.3. The number of thioether (sulfide) groups is 1. The summed E-state index contributed by atoms with van der Waals surface area (Å²) in [7, 11) is 0. The zero-order valence-electron chi connectivity index (χ0n) is 16.7. The number of hydrogen-bond acceptors (Lipinski definition) is 6. The predicted molar refractivity (Wildman–Crippen MR) is 122 cm³/mol. The highest BCUT2D eigenvalue weighted by molar-refractivity contribution is 7.99. The Bertz CT molecular complexity index is 1140. The molecule has 0 radical (unpaired) electrons. The fourth-order valence-corrected chi connectivity index (χ4v) is 4.41. The number of nitrogens with one attached hydrogen (secondary N) is 1. The van der Waals surface area contributed by atoms with E-state index in [1.807, 2.05) is 47.2 Å². The van der Waals surface area contributed by atoms with Crippen LogP contribution in [0.3, 0.4) is 0 Å². The molecule has 30 heavy (non-hydrogen) atoms. The molecular weight excluding hydrogens is 414 g/mol. The van der Waals surface area contributed by atoms with Crippen LogP contribution in [0, 0.1) is 13.8 Å². The Morgan fingerprint density at radius 3 is 2.60 bits per heavy atom. The number of hydrogen-bond donors (Lipinski definition) is 1. The van der Waals surface area contributed by atoms with Gasteiger partial charge < -0.3 is 9.88 Å². The Morgan fingerprint density at radius 1 is 1.07 bits per heavy atom. The summed E-state index contributed by atoms with van der Waals surface area (Å²) in [6.07, 6.45) is 0. The molecule has 6 nitrogen and oxygen atoms in total. The third-order valence-corrected chi connectivity index (χ3v) is 6.24. The van der Waals surface area contributed by atoms with E-state index in [2.05, 4.69) is 51.7 Å². The number of carbonyl (C=O) groups is 1. The van der Waals surface area contributed by atoms with Gasteiger partial charge in [-0.2, -0.15) is 0 Å². The standard InChI is InChI=1S/C22H21N5OS2/c1-15-8-10-18(11-9-15)19-13-29-21(23-19)24-20(28)14-30-22-26-25-16(2)27(22)12-17-6-4-3-5-7-17/h3-11,13H,12,14H2,1-2H3,(H,23,24,28). The lowest BCUT2D eigenvalue weighted by molar-refractivity contribution is -0.113. The molecule has 0 atom stereocenters. The maximum atomic E-state index is 12.4. The van der Waals surface area contributed by atoms with Gasteiger partial charge in [0, 0.05) is 10.9 Å². The molecule has 4 rings (SSSR count). The Kier molecular flexibility index (Phi) is 6.25. The second kappa shape index (κ2) is 9.23. The molecule has 0 aliphatic carbocycles. The van der Waals surface area contributed by atoms with E-state index in [-0.39, 0.29) is 11.7 Å². The largest absolute Gasteiger partial charge is 0.302 e. The summed E-state index contributed by atoms with van der Waals surface area (Å²) >= 11 is 2.80. The maximum Gasteiger partial charge on any atom is 0.236 e. The molecule has 0 unspecified atom stereocenters. The Balaban J connectivity index is 1.36. The monoisotopic (exact) mass is 435 g/mol. The van der Waals surface area contributed by atoms with Gasteiger partial charge in [-0.05, 0) is 19.4 Å². The molecule has 0 saturated heterocycles. The smallest absolute Gasteiger partial charge is 0.236 e.